The predicted molar refractivity (Wildman–Crippen MR) is 58.9 cm³/mol. The topological polar surface area (TPSA) is 12.0 Å². The predicted octanol–water partition coefficient (Wildman–Crippen LogP) is 3.20. The fourth-order valence-electron chi connectivity index (χ4n) is 2.55. The normalized spacial score (nSPS) is 31.6. The monoisotopic (exact) mass is 183 g/mol. The van der Waals surface area contributed by atoms with Crippen molar-refractivity contribution in [2.45, 2.75) is 58.9 Å². The summed E-state index contributed by atoms with van der Waals surface area (Å²) < 4.78 is 0. The SMILES string of the molecule is CCNC1CCCC(C(C)CC)C1. The lowest BCUT2D eigenvalue weighted by Gasteiger charge is -2.33. The Morgan fingerprint density at radius 3 is 2.69 bits per heavy atom. The van der Waals surface area contributed by atoms with Gasteiger partial charge in [-0.1, -0.05) is 40.0 Å². The minimum absolute atomic E-state index is 0.817. The Bertz CT molecular complexity index is 131. The average molecular weight is 183 g/mol. The van der Waals surface area contributed by atoms with Gasteiger partial charge < -0.3 is 5.32 Å². The van der Waals surface area contributed by atoms with E-state index in [0.717, 1.165) is 24.4 Å². The molecular formula is C12H25N. The smallest absolute Gasteiger partial charge is 0.00696 e. The minimum Gasteiger partial charge on any atom is -0.314 e. The maximum Gasteiger partial charge on any atom is 0.00696 e. The van der Waals surface area contributed by atoms with E-state index in [1.54, 1.807) is 0 Å². The zero-order valence-electron chi connectivity index (χ0n) is 9.47. The molecule has 0 aromatic rings. The van der Waals surface area contributed by atoms with E-state index in [1.807, 2.05) is 0 Å². The summed E-state index contributed by atoms with van der Waals surface area (Å²) in [5, 5.41) is 3.59. The molecule has 0 aromatic heterocycles. The molecule has 1 fully saturated rings. The van der Waals surface area contributed by atoms with Gasteiger partial charge in [0.25, 0.3) is 0 Å². The standard InChI is InChI=1S/C12H25N/c1-4-10(3)11-7-6-8-12(9-11)13-5-2/h10-13H,4-9H2,1-3H3. The summed E-state index contributed by atoms with van der Waals surface area (Å²) >= 11 is 0. The lowest BCUT2D eigenvalue weighted by Crippen LogP contribution is -2.35. The summed E-state index contributed by atoms with van der Waals surface area (Å²) in [4.78, 5) is 0. The zero-order chi connectivity index (χ0) is 9.68. The highest BCUT2D eigenvalue weighted by atomic mass is 14.9. The van der Waals surface area contributed by atoms with Crippen molar-refractivity contribution in [2.75, 3.05) is 6.54 Å². The molecule has 1 nitrogen and oxygen atoms in total. The number of rotatable bonds is 4. The Hall–Kier alpha value is -0.0400. The third-order valence-corrected chi connectivity index (χ3v) is 3.66. The van der Waals surface area contributed by atoms with Crippen molar-refractivity contribution in [3.8, 4) is 0 Å². The molecule has 1 N–H and O–H groups in total. The van der Waals surface area contributed by atoms with Crippen LogP contribution in [0.2, 0.25) is 0 Å². The van der Waals surface area contributed by atoms with Crippen LogP contribution < -0.4 is 5.32 Å². The largest absolute Gasteiger partial charge is 0.314 e. The number of hydrogen-bond donors (Lipinski definition) is 1. The van der Waals surface area contributed by atoms with Crippen molar-refractivity contribution in [1.29, 1.82) is 0 Å². The van der Waals surface area contributed by atoms with Gasteiger partial charge in [-0.25, -0.2) is 0 Å². The van der Waals surface area contributed by atoms with Crippen LogP contribution in [0.25, 0.3) is 0 Å². The van der Waals surface area contributed by atoms with Crippen LogP contribution in [0.15, 0.2) is 0 Å². The lowest BCUT2D eigenvalue weighted by molar-refractivity contribution is 0.218. The van der Waals surface area contributed by atoms with Gasteiger partial charge in [-0.05, 0) is 31.2 Å². The maximum atomic E-state index is 3.59. The molecular weight excluding hydrogens is 158 g/mol. The Kier molecular flexibility index (Phi) is 4.79. The van der Waals surface area contributed by atoms with E-state index in [9.17, 15) is 0 Å². The molecule has 0 bridgehead atoms. The third kappa shape index (κ3) is 3.30. The highest BCUT2D eigenvalue weighted by Gasteiger charge is 2.24. The van der Waals surface area contributed by atoms with E-state index in [1.165, 1.54) is 32.1 Å². The van der Waals surface area contributed by atoms with Gasteiger partial charge in [0.1, 0.15) is 0 Å². The molecule has 0 heterocycles. The van der Waals surface area contributed by atoms with E-state index in [-0.39, 0.29) is 0 Å². The van der Waals surface area contributed by atoms with Crippen LogP contribution in [0.1, 0.15) is 52.9 Å². The Morgan fingerprint density at radius 2 is 2.08 bits per heavy atom. The van der Waals surface area contributed by atoms with Crippen molar-refractivity contribution < 1.29 is 0 Å². The van der Waals surface area contributed by atoms with Gasteiger partial charge in [-0.15, -0.1) is 0 Å². The molecule has 78 valence electrons. The Balaban J connectivity index is 2.32. The molecule has 1 heteroatoms. The Labute approximate surface area is 83.3 Å². The summed E-state index contributed by atoms with van der Waals surface area (Å²) in [6, 6.07) is 0.817. The first-order chi connectivity index (χ1) is 6.27. The molecule has 0 aliphatic heterocycles. The van der Waals surface area contributed by atoms with Crippen molar-refractivity contribution >= 4 is 0 Å². The molecule has 1 rings (SSSR count). The second-order valence-electron chi connectivity index (χ2n) is 4.57. The second kappa shape index (κ2) is 5.64. The van der Waals surface area contributed by atoms with Gasteiger partial charge in [0, 0.05) is 6.04 Å². The maximum absolute atomic E-state index is 3.59. The van der Waals surface area contributed by atoms with Crippen LogP contribution in [-0.2, 0) is 0 Å². The van der Waals surface area contributed by atoms with E-state index in [4.69, 9.17) is 0 Å². The summed E-state index contributed by atoms with van der Waals surface area (Å²) in [6.45, 7) is 8.09. The number of hydrogen-bond acceptors (Lipinski definition) is 1. The molecule has 0 spiro atoms. The fraction of sp³-hybridized carbons (Fsp3) is 1.00. The first-order valence-electron chi connectivity index (χ1n) is 6.01. The van der Waals surface area contributed by atoms with Crippen molar-refractivity contribution in [1.82, 2.24) is 5.32 Å². The van der Waals surface area contributed by atoms with E-state index in [0.29, 0.717) is 0 Å². The molecule has 1 aliphatic rings. The van der Waals surface area contributed by atoms with E-state index < -0.39 is 0 Å². The van der Waals surface area contributed by atoms with Crippen LogP contribution in [0, 0.1) is 11.8 Å². The van der Waals surface area contributed by atoms with Gasteiger partial charge in [0.05, 0.1) is 0 Å². The van der Waals surface area contributed by atoms with Crippen LogP contribution in [-0.4, -0.2) is 12.6 Å². The lowest BCUT2D eigenvalue weighted by atomic mass is 9.77. The summed E-state index contributed by atoms with van der Waals surface area (Å²) in [5.41, 5.74) is 0. The molecule has 13 heavy (non-hydrogen) atoms. The van der Waals surface area contributed by atoms with Gasteiger partial charge in [0.2, 0.25) is 0 Å². The summed E-state index contributed by atoms with van der Waals surface area (Å²) in [7, 11) is 0. The molecule has 0 saturated heterocycles. The highest BCUT2D eigenvalue weighted by molar-refractivity contribution is 4.79. The molecule has 3 atom stereocenters. The van der Waals surface area contributed by atoms with E-state index in [2.05, 4.69) is 26.1 Å². The van der Waals surface area contributed by atoms with Crippen LogP contribution in [0.5, 0.6) is 0 Å². The third-order valence-electron chi connectivity index (χ3n) is 3.66. The van der Waals surface area contributed by atoms with Gasteiger partial charge in [-0.2, -0.15) is 0 Å². The van der Waals surface area contributed by atoms with Gasteiger partial charge in [0.15, 0.2) is 0 Å². The first-order valence-corrected chi connectivity index (χ1v) is 6.01. The highest BCUT2D eigenvalue weighted by Crippen LogP contribution is 2.31. The van der Waals surface area contributed by atoms with Gasteiger partial charge >= 0.3 is 0 Å². The molecule has 0 aromatic carbocycles. The molecule has 1 saturated carbocycles. The molecule has 3 unspecified atom stereocenters. The van der Waals surface area contributed by atoms with Crippen LogP contribution in [0.3, 0.4) is 0 Å². The summed E-state index contributed by atoms with van der Waals surface area (Å²) in [5.74, 6) is 1.92. The van der Waals surface area contributed by atoms with Crippen molar-refractivity contribution in [3.63, 3.8) is 0 Å². The quantitative estimate of drug-likeness (QED) is 0.706. The minimum atomic E-state index is 0.817. The van der Waals surface area contributed by atoms with Crippen LogP contribution in [0.4, 0.5) is 0 Å². The average Bonchev–Trinajstić information content (AvgIpc) is 2.18. The van der Waals surface area contributed by atoms with Crippen molar-refractivity contribution in [2.24, 2.45) is 11.8 Å². The summed E-state index contributed by atoms with van der Waals surface area (Å²) in [6.07, 6.45) is 7.08. The second-order valence-corrected chi connectivity index (χ2v) is 4.57. The first kappa shape index (κ1) is 11.0. The van der Waals surface area contributed by atoms with Gasteiger partial charge in [-0.3, -0.25) is 0 Å². The number of nitrogens with one attached hydrogen (secondary N) is 1. The molecule has 0 amide bonds. The zero-order valence-corrected chi connectivity index (χ0v) is 9.47. The fourth-order valence-corrected chi connectivity index (χ4v) is 2.55. The Morgan fingerprint density at radius 1 is 1.31 bits per heavy atom. The van der Waals surface area contributed by atoms with E-state index >= 15 is 0 Å². The molecule has 0 radical (unpaired) electrons. The van der Waals surface area contributed by atoms with Crippen LogP contribution >= 0.6 is 0 Å². The molecule has 1 aliphatic carbocycles. The van der Waals surface area contributed by atoms with Crippen molar-refractivity contribution in [3.05, 3.63) is 0 Å².